The lowest BCUT2D eigenvalue weighted by Crippen LogP contribution is -2.32. The van der Waals surface area contributed by atoms with Crippen molar-refractivity contribution in [1.29, 1.82) is 0 Å². The van der Waals surface area contributed by atoms with Crippen LogP contribution in [0.5, 0.6) is 5.75 Å². The number of nitrogens with zero attached hydrogens (tertiary/aromatic N) is 4. The second-order valence-corrected chi connectivity index (χ2v) is 5.20. The second-order valence-electron chi connectivity index (χ2n) is 4.79. The predicted molar refractivity (Wildman–Crippen MR) is 77.7 cm³/mol. The highest BCUT2D eigenvalue weighted by Crippen LogP contribution is 2.45. The van der Waals surface area contributed by atoms with Gasteiger partial charge in [0.1, 0.15) is 6.67 Å². The Labute approximate surface area is 126 Å². The minimum atomic E-state index is -0.421. The maximum Gasteiger partial charge on any atom is 0.210 e. The molecule has 6 nitrogen and oxygen atoms in total. The summed E-state index contributed by atoms with van der Waals surface area (Å²) in [6.45, 7) is 0.686. The van der Waals surface area contributed by atoms with E-state index in [0.29, 0.717) is 28.7 Å². The van der Waals surface area contributed by atoms with Crippen molar-refractivity contribution in [1.82, 2.24) is 20.6 Å². The van der Waals surface area contributed by atoms with E-state index in [1.54, 1.807) is 7.11 Å². The van der Waals surface area contributed by atoms with Gasteiger partial charge in [-0.1, -0.05) is 11.6 Å². The molecule has 0 unspecified atom stereocenters. The first kappa shape index (κ1) is 14.1. The largest absolute Gasteiger partial charge is 0.494 e. The molecule has 3 rings (SSSR count). The van der Waals surface area contributed by atoms with Gasteiger partial charge < -0.3 is 9.64 Å². The third-order valence-electron chi connectivity index (χ3n) is 3.60. The van der Waals surface area contributed by atoms with Crippen LogP contribution in [0.4, 0.5) is 10.1 Å². The van der Waals surface area contributed by atoms with E-state index in [1.165, 1.54) is 0 Å². The van der Waals surface area contributed by atoms with Gasteiger partial charge in [-0.05, 0) is 29.7 Å². The van der Waals surface area contributed by atoms with Crippen LogP contribution in [-0.2, 0) is 6.42 Å². The summed E-state index contributed by atoms with van der Waals surface area (Å²) >= 11 is 6.30. The van der Waals surface area contributed by atoms with Crippen LogP contribution in [0.15, 0.2) is 6.07 Å². The fourth-order valence-electron chi connectivity index (χ4n) is 2.80. The van der Waals surface area contributed by atoms with Crippen LogP contribution in [0, 0.1) is 0 Å². The van der Waals surface area contributed by atoms with Crippen LogP contribution in [0.2, 0.25) is 5.02 Å². The van der Waals surface area contributed by atoms with E-state index < -0.39 is 6.67 Å². The zero-order chi connectivity index (χ0) is 14.8. The lowest BCUT2D eigenvalue weighted by atomic mass is 9.96. The molecule has 1 N–H and O–H groups in total. The van der Waals surface area contributed by atoms with E-state index >= 15 is 0 Å². The number of aromatic amines is 1. The van der Waals surface area contributed by atoms with Gasteiger partial charge in [0, 0.05) is 13.1 Å². The molecule has 0 amide bonds. The maximum absolute atomic E-state index is 12.9. The van der Waals surface area contributed by atoms with E-state index in [9.17, 15) is 4.39 Å². The molecule has 0 radical (unpaired) electrons. The Morgan fingerprint density at radius 2 is 2.38 bits per heavy atom. The van der Waals surface area contributed by atoms with E-state index in [1.807, 2.05) is 11.0 Å². The number of aromatic nitrogens is 4. The molecule has 0 saturated carbocycles. The Balaban J connectivity index is 2.25. The quantitative estimate of drug-likeness (QED) is 0.938. The zero-order valence-corrected chi connectivity index (χ0v) is 12.3. The summed E-state index contributed by atoms with van der Waals surface area (Å²) in [6.07, 6.45) is 1.84. The lowest BCUT2D eigenvalue weighted by molar-refractivity contribution is 0.415. The summed E-state index contributed by atoms with van der Waals surface area (Å²) < 4.78 is 18.3. The number of benzene rings is 1. The Bertz CT molecular complexity index is 634. The van der Waals surface area contributed by atoms with Gasteiger partial charge in [-0.3, -0.25) is 0 Å². The Morgan fingerprint density at radius 1 is 1.52 bits per heavy atom. The molecule has 0 bridgehead atoms. The van der Waals surface area contributed by atoms with Gasteiger partial charge in [0.25, 0.3) is 0 Å². The van der Waals surface area contributed by atoms with Crippen LogP contribution in [0.1, 0.15) is 12.0 Å². The Morgan fingerprint density at radius 3 is 3.05 bits per heavy atom. The summed E-state index contributed by atoms with van der Waals surface area (Å²) in [5.74, 6) is 0.888. The second kappa shape index (κ2) is 5.85. The fourth-order valence-corrected chi connectivity index (χ4v) is 3.10. The lowest BCUT2D eigenvalue weighted by Gasteiger charge is -2.33. The van der Waals surface area contributed by atoms with E-state index in [0.717, 1.165) is 30.6 Å². The molecule has 0 fully saturated rings. The number of alkyl halides is 1. The number of aryl methyl sites for hydroxylation is 1. The third kappa shape index (κ3) is 2.42. The SMILES string of the molecule is COc1c(Cl)cc2c(c1-c1nn[nH]n1)N(CCF)CCC2. The molecular formula is C13H15ClFN5O. The maximum atomic E-state index is 12.9. The highest BCUT2D eigenvalue weighted by atomic mass is 35.5. The van der Waals surface area contributed by atoms with Crippen LogP contribution in [0.3, 0.4) is 0 Å². The van der Waals surface area contributed by atoms with Crippen molar-refractivity contribution in [3.05, 3.63) is 16.7 Å². The van der Waals surface area contributed by atoms with Crippen LogP contribution >= 0.6 is 11.6 Å². The Kier molecular flexibility index (Phi) is 3.92. The van der Waals surface area contributed by atoms with Crippen molar-refractivity contribution in [3.8, 4) is 17.1 Å². The van der Waals surface area contributed by atoms with Crippen molar-refractivity contribution in [2.45, 2.75) is 12.8 Å². The summed E-state index contributed by atoms with van der Waals surface area (Å²) in [7, 11) is 1.54. The first-order valence-corrected chi connectivity index (χ1v) is 7.08. The fraction of sp³-hybridized carbons (Fsp3) is 0.462. The van der Waals surface area contributed by atoms with E-state index in [-0.39, 0.29) is 0 Å². The number of fused-ring (bicyclic) bond motifs is 1. The molecule has 112 valence electrons. The molecule has 0 spiro atoms. The van der Waals surface area contributed by atoms with Gasteiger partial charge in [-0.2, -0.15) is 5.21 Å². The minimum Gasteiger partial charge on any atom is -0.494 e. The number of rotatable bonds is 4. The summed E-state index contributed by atoms with van der Waals surface area (Å²) in [5.41, 5.74) is 2.61. The number of halogens is 2. The van der Waals surface area contributed by atoms with Crippen LogP contribution in [-0.4, -0.2) is 47.5 Å². The van der Waals surface area contributed by atoms with Crippen LogP contribution in [0.25, 0.3) is 11.4 Å². The molecule has 21 heavy (non-hydrogen) atoms. The molecular weight excluding hydrogens is 297 g/mol. The number of H-pyrrole nitrogens is 1. The van der Waals surface area contributed by atoms with Crippen molar-refractivity contribution in [2.75, 3.05) is 31.8 Å². The monoisotopic (exact) mass is 311 g/mol. The highest BCUT2D eigenvalue weighted by molar-refractivity contribution is 6.33. The smallest absolute Gasteiger partial charge is 0.210 e. The van der Waals surface area contributed by atoms with Crippen LogP contribution < -0.4 is 9.64 Å². The highest BCUT2D eigenvalue weighted by Gasteiger charge is 2.28. The molecule has 0 aliphatic carbocycles. The number of anilines is 1. The normalized spacial score (nSPS) is 14.1. The molecule has 1 aliphatic rings. The summed E-state index contributed by atoms with van der Waals surface area (Å²) in [4.78, 5) is 1.99. The third-order valence-corrected chi connectivity index (χ3v) is 3.88. The van der Waals surface area contributed by atoms with Gasteiger partial charge in [0.05, 0.1) is 23.4 Å². The molecule has 8 heteroatoms. The number of ether oxygens (including phenoxy) is 1. The molecule has 1 aliphatic heterocycles. The number of methoxy groups -OCH3 is 1. The van der Waals surface area contributed by atoms with E-state index in [4.69, 9.17) is 16.3 Å². The van der Waals surface area contributed by atoms with Gasteiger partial charge in [-0.15, -0.1) is 10.2 Å². The minimum absolute atomic E-state index is 0.322. The predicted octanol–water partition coefficient (Wildman–Crippen LogP) is 2.25. The van der Waals surface area contributed by atoms with Crippen molar-refractivity contribution in [3.63, 3.8) is 0 Å². The summed E-state index contributed by atoms with van der Waals surface area (Å²) in [5, 5.41) is 14.6. The van der Waals surface area contributed by atoms with Gasteiger partial charge in [0.15, 0.2) is 5.75 Å². The number of nitrogens with one attached hydrogen (secondary N) is 1. The standard InChI is InChI=1S/C13H15ClFN5O/c1-21-12-9(14)7-8-3-2-5-20(6-4-15)11(8)10(12)13-16-18-19-17-13/h7H,2-6H2,1H3,(H,16,17,18,19). The zero-order valence-electron chi connectivity index (χ0n) is 11.6. The number of hydrogen-bond donors (Lipinski definition) is 1. The molecule has 0 saturated heterocycles. The molecule has 2 heterocycles. The first-order valence-electron chi connectivity index (χ1n) is 6.70. The van der Waals surface area contributed by atoms with Gasteiger partial charge in [-0.25, -0.2) is 4.39 Å². The number of tetrazole rings is 1. The van der Waals surface area contributed by atoms with Gasteiger partial charge in [0.2, 0.25) is 5.82 Å². The van der Waals surface area contributed by atoms with Crippen molar-refractivity contribution >= 4 is 17.3 Å². The molecule has 1 aromatic heterocycles. The van der Waals surface area contributed by atoms with Gasteiger partial charge >= 0.3 is 0 Å². The molecule has 1 aromatic carbocycles. The summed E-state index contributed by atoms with van der Waals surface area (Å²) in [6, 6.07) is 1.88. The molecule has 0 atom stereocenters. The first-order chi connectivity index (χ1) is 10.3. The van der Waals surface area contributed by atoms with Crippen molar-refractivity contribution < 1.29 is 9.13 Å². The molecule has 2 aromatic rings. The average Bonchev–Trinajstić information content (AvgIpc) is 3.00. The van der Waals surface area contributed by atoms with E-state index in [2.05, 4.69) is 20.6 Å². The van der Waals surface area contributed by atoms with Crippen molar-refractivity contribution in [2.24, 2.45) is 0 Å². The number of hydrogen-bond acceptors (Lipinski definition) is 5. The topological polar surface area (TPSA) is 66.9 Å². The Hall–Kier alpha value is -1.89. The average molecular weight is 312 g/mol.